The zero-order valence-electron chi connectivity index (χ0n) is 11.0. The fourth-order valence-corrected chi connectivity index (χ4v) is 2.51. The van der Waals surface area contributed by atoms with Crippen molar-refractivity contribution < 1.29 is 8.42 Å². The Balaban J connectivity index is 2.52. The van der Waals surface area contributed by atoms with E-state index in [1.165, 1.54) is 0 Å². The van der Waals surface area contributed by atoms with E-state index in [0.29, 0.717) is 12.4 Å². The fraction of sp³-hybridized carbons (Fsp3) is 0.538. The van der Waals surface area contributed by atoms with Crippen LogP contribution in [0.4, 0.5) is 5.69 Å². The minimum absolute atomic E-state index is 0.133. The first-order valence-corrected chi connectivity index (χ1v) is 8.06. The first kappa shape index (κ1) is 15.3. The number of sulfone groups is 1. The molecule has 1 aromatic carbocycles. The van der Waals surface area contributed by atoms with Crippen molar-refractivity contribution in [3.8, 4) is 0 Å². The van der Waals surface area contributed by atoms with Crippen LogP contribution in [0.5, 0.6) is 0 Å². The predicted molar refractivity (Wildman–Crippen MR) is 78.0 cm³/mol. The number of hydrogen-bond donors (Lipinski definition) is 1. The molecule has 0 amide bonds. The van der Waals surface area contributed by atoms with Crippen LogP contribution in [0.2, 0.25) is 0 Å². The molecule has 0 fully saturated rings. The first-order valence-electron chi connectivity index (χ1n) is 5.87. The number of benzene rings is 1. The van der Waals surface area contributed by atoms with Crippen LogP contribution in [0.15, 0.2) is 24.3 Å². The number of alkyl halides is 1. The van der Waals surface area contributed by atoms with E-state index in [1.807, 2.05) is 24.3 Å². The van der Waals surface area contributed by atoms with Gasteiger partial charge in [0, 0.05) is 18.1 Å². The van der Waals surface area contributed by atoms with Crippen molar-refractivity contribution in [1.29, 1.82) is 0 Å². The highest BCUT2D eigenvalue weighted by atomic mass is 35.5. The average molecular weight is 290 g/mol. The Morgan fingerprint density at radius 2 is 1.72 bits per heavy atom. The molecule has 3 nitrogen and oxygen atoms in total. The normalized spacial score (nSPS) is 12.4. The molecule has 0 bridgehead atoms. The Morgan fingerprint density at radius 3 is 2.17 bits per heavy atom. The standard InChI is InChI=1S/C13H20ClNO2S/c1-13(2,3)18(16,17)9-8-15-12-6-4-11(10-14)5-7-12/h4-7,15H,8-10H2,1-3H3. The lowest BCUT2D eigenvalue weighted by molar-refractivity contribution is 0.560. The van der Waals surface area contributed by atoms with Gasteiger partial charge in [-0.05, 0) is 38.5 Å². The Labute approximate surface area is 114 Å². The summed E-state index contributed by atoms with van der Waals surface area (Å²) >= 11 is 5.69. The van der Waals surface area contributed by atoms with Gasteiger partial charge in [0.2, 0.25) is 0 Å². The topological polar surface area (TPSA) is 46.2 Å². The van der Waals surface area contributed by atoms with Crippen LogP contribution >= 0.6 is 11.6 Å². The Morgan fingerprint density at radius 1 is 1.17 bits per heavy atom. The molecule has 0 aromatic heterocycles. The van der Waals surface area contributed by atoms with Gasteiger partial charge in [-0.25, -0.2) is 8.42 Å². The van der Waals surface area contributed by atoms with Crippen molar-refractivity contribution in [2.24, 2.45) is 0 Å². The van der Waals surface area contributed by atoms with E-state index < -0.39 is 14.6 Å². The van der Waals surface area contributed by atoms with Crippen LogP contribution in [-0.2, 0) is 15.7 Å². The summed E-state index contributed by atoms with van der Waals surface area (Å²) in [7, 11) is -3.06. The third-order valence-corrected chi connectivity index (χ3v) is 5.66. The molecule has 0 spiro atoms. The van der Waals surface area contributed by atoms with E-state index in [-0.39, 0.29) is 5.75 Å². The van der Waals surface area contributed by atoms with E-state index in [2.05, 4.69) is 5.32 Å². The van der Waals surface area contributed by atoms with Gasteiger partial charge in [0.25, 0.3) is 0 Å². The van der Waals surface area contributed by atoms with Gasteiger partial charge in [-0.15, -0.1) is 11.6 Å². The molecule has 0 saturated carbocycles. The summed E-state index contributed by atoms with van der Waals surface area (Å²) in [4.78, 5) is 0. The summed E-state index contributed by atoms with van der Waals surface area (Å²) in [5.74, 6) is 0.618. The second-order valence-corrected chi connectivity index (χ2v) is 8.32. The fourth-order valence-electron chi connectivity index (χ4n) is 1.35. The van der Waals surface area contributed by atoms with Gasteiger partial charge in [0.05, 0.1) is 10.5 Å². The molecule has 102 valence electrons. The first-order chi connectivity index (χ1) is 8.26. The van der Waals surface area contributed by atoms with Crippen molar-refractivity contribution in [3.05, 3.63) is 29.8 Å². The van der Waals surface area contributed by atoms with Crippen LogP contribution in [0.1, 0.15) is 26.3 Å². The minimum atomic E-state index is -3.06. The minimum Gasteiger partial charge on any atom is -0.384 e. The Hall–Kier alpha value is -0.740. The molecule has 0 aliphatic heterocycles. The number of rotatable bonds is 5. The van der Waals surface area contributed by atoms with Crippen LogP contribution in [0.3, 0.4) is 0 Å². The predicted octanol–water partition coefficient (Wildman–Crippen LogP) is 3.05. The number of hydrogen-bond acceptors (Lipinski definition) is 3. The van der Waals surface area contributed by atoms with E-state index in [4.69, 9.17) is 11.6 Å². The smallest absolute Gasteiger partial charge is 0.156 e. The van der Waals surface area contributed by atoms with Gasteiger partial charge in [-0.3, -0.25) is 0 Å². The maximum absolute atomic E-state index is 11.9. The maximum Gasteiger partial charge on any atom is 0.156 e. The molecule has 5 heteroatoms. The molecule has 18 heavy (non-hydrogen) atoms. The number of halogens is 1. The lowest BCUT2D eigenvalue weighted by Gasteiger charge is -2.19. The lowest BCUT2D eigenvalue weighted by atomic mass is 10.2. The highest BCUT2D eigenvalue weighted by molar-refractivity contribution is 7.92. The molecule has 0 unspecified atom stereocenters. The van der Waals surface area contributed by atoms with Crippen molar-refractivity contribution in [1.82, 2.24) is 0 Å². The quantitative estimate of drug-likeness (QED) is 0.848. The summed E-state index contributed by atoms with van der Waals surface area (Å²) in [6, 6.07) is 7.66. The molecule has 0 heterocycles. The van der Waals surface area contributed by atoms with Gasteiger partial charge in [-0.1, -0.05) is 12.1 Å². The molecule has 0 aliphatic rings. The number of nitrogens with one attached hydrogen (secondary N) is 1. The largest absolute Gasteiger partial charge is 0.384 e. The maximum atomic E-state index is 11.9. The summed E-state index contributed by atoms with van der Waals surface area (Å²) in [6.45, 7) is 5.58. The molecule has 0 aliphatic carbocycles. The molecule has 1 rings (SSSR count). The Bertz CT molecular complexity index is 475. The SMILES string of the molecule is CC(C)(C)S(=O)(=O)CCNc1ccc(CCl)cc1. The summed E-state index contributed by atoms with van der Waals surface area (Å²) in [5, 5.41) is 3.10. The molecule has 0 atom stereocenters. The van der Waals surface area contributed by atoms with Crippen molar-refractivity contribution in [3.63, 3.8) is 0 Å². The summed E-state index contributed by atoms with van der Waals surface area (Å²) < 4.78 is 23.1. The van der Waals surface area contributed by atoms with E-state index in [9.17, 15) is 8.42 Å². The van der Waals surface area contributed by atoms with Gasteiger partial charge in [0.15, 0.2) is 9.84 Å². The molecule has 1 aromatic rings. The van der Waals surface area contributed by atoms with Crippen molar-refractivity contribution in [2.75, 3.05) is 17.6 Å². The second-order valence-electron chi connectivity index (χ2n) is 5.19. The lowest BCUT2D eigenvalue weighted by Crippen LogP contribution is -2.32. The van der Waals surface area contributed by atoms with Crippen LogP contribution in [0, 0.1) is 0 Å². The third kappa shape index (κ3) is 4.18. The van der Waals surface area contributed by atoms with Crippen LogP contribution in [-0.4, -0.2) is 25.5 Å². The zero-order valence-corrected chi connectivity index (χ0v) is 12.6. The summed E-state index contributed by atoms with van der Waals surface area (Å²) in [6.07, 6.45) is 0. The zero-order chi connectivity index (χ0) is 13.8. The van der Waals surface area contributed by atoms with E-state index >= 15 is 0 Å². The van der Waals surface area contributed by atoms with Gasteiger partial charge in [0.1, 0.15) is 0 Å². The van der Waals surface area contributed by atoms with Gasteiger partial charge >= 0.3 is 0 Å². The highest BCUT2D eigenvalue weighted by Gasteiger charge is 2.28. The van der Waals surface area contributed by atoms with Crippen molar-refractivity contribution in [2.45, 2.75) is 31.4 Å². The molecular formula is C13H20ClNO2S. The summed E-state index contributed by atoms with van der Waals surface area (Å²) in [5.41, 5.74) is 1.96. The van der Waals surface area contributed by atoms with Crippen LogP contribution in [0.25, 0.3) is 0 Å². The van der Waals surface area contributed by atoms with Crippen LogP contribution < -0.4 is 5.32 Å². The number of anilines is 1. The molecular weight excluding hydrogens is 270 g/mol. The average Bonchev–Trinajstić information content (AvgIpc) is 2.28. The second kappa shape index (κ2) is 5.93. The van der Waals surface area contributed by atoms with Gasteiger partial charge in [-0.2, -0.15) is 0 Å². The molecule has 0 radical (unpaired) electrons. The van der Waals surface area contributed by atoms with E-state index in [1.54, 1.807) is 20.8 Å². The Kier molecular flexibility index (Phi) is 5.05. The monoisotopic (exact) mass is 289 g/mol. The van der Waals surface area contributed by atoms with Crippen molar-refractivity contribution >= 4 is 27.1 Å². The van der Waals surface area contributed by atoms with Gasteiger partial charge < -0.3 is 5.32 Å². The molecule has 1 N–H and O–H groups in total. The molecule has 0 saturated heterocycles. The highest BCUT2D eigenvalue weighted by Crippen LogP contribution is 2.16. The van der Waals surface area contributed by atoms with E-state index in [0.717, 1.165) is 11.3 Å². The third-order valence-electron chi connectivity index (χ3n) is 2.74.